The zero-order valence-electron chi connectivity index (χ0n) is 17.5. The predicted octanol–water partition coefficient (Wildman–Crippen LogP) is 4.93. The Morgan fingerprint density at radius 2 is 1.47 bits per heavy atom. The van der Waals surface area contributed by atoms with Crippen molar-refractivity contribution in [3.8, 4) is 23.0 Å². The van der Waals surface area contributed by atoms with E-state index in [1.165, 1.54) is 12.0 Å². The molecule has 1 aliphatic heterocycles. The van der Waals surface area contributed by atoms with Gasteiger partial charge in [-0.25, -0.2) is 0 Å². The van der Waals surface area contributed by atoms with Crippen LogP contribution in [0.15, 0.2) is 78.9 Å². The van der Waals surface area contributed by atoms with Crippen molar-refractivity contribution in [3.05, 3.63) is 95.6 Å². The van der Waals surface area contributed by atoms with Gasteiger partial charge in [-0.1, -0.05) is 84.8 Å². The number of fused-ring (bicyclic) bond motifs is 3. The maximum Gasteiger partial charge on any atom is 0.140 e. The van der Waals surface area contributed by atoms with Crippen LogP contribution in [-0.4, -0.2) is 36.3 Å². The second-order valence-corrected chi connectivity index (χ2v) is 9.06. The van der Waals surface area contributed by atoms with Crippen molar-refractivity contribution in [3.63, 3.8) is 0 Å². The standard InChI is InChI=1S/C28H28NO/c1-29(20-17-23(21-29)22-11-3-2-4-12-22)19-10-9-18-28(30)26-15-7-5-13-24(26)25-14-6-8-16-27(25)28/h2-8,11-16,23,30H,17-21H2,1H3/q+1/t23-,29?/m1/s1. The molecule has 0 spiro atoms. The third-order valence-electron chi connectivity index (χ3n) is 6.91. The summed E-state index contributed by atoms with van der Waals surface area (Å²) in [7, 11) is 2.31. The Balaban J connectivity index is 1.32. The van der Waals surface area contributed by atoms with E-state index < -0.39 is 5.60 Å². The fraction of sp³-hybridized carbons (Fsp3) is 0.286. The zero-order valence-corrected chi connectivity index (χ0v) is 17.5. The largest absolute Gasteiger partial charge is 0.379 e. The van der Waals surface area contributed by atoms with Crippen molar-refractivity contribution in [1.82, 2.24) is 0 Å². The van der Waals surface area contributed by atoms with Crippen LogP contribution in [0.5, 0.6) is 0 Å². The predicted molar refractivity (Wildman–Crippen MR) is 122 cm³/mol. The van der Waals surface area contributed by atoms with E-state index in [9.17, 15) is 5.11 Å². The van der Waals surface area contributed by atoms with E-state index >= 15 is 0 Å². The van der Waals surface area contributed by atoms with Crippen LogP contribution in [0.1, 0.15) is 35.4 Å². The van der Waals surface area contributed by atoms with E-state index in [0.29, 0.717) is 12.3 Å². The van der Waals surface area contributed by atoms with Gasteiger partial charge in [0, 0.05) is 18.8 Å². The molecule has 2 nitrogen and oxygen atoms in total. The summed E-state index contributed by atoms with van der Waals surface area (Å²) >= 11 is 0. The number of quaternary nitrogens is 1. The lowest BCUT2D eigenvalue weighted by atomic mass is 9.88. The first kappa shape index (κ1) is 19.1. The summed E-state index contributed by atoms with van der Waals surface area (Å²) in [5, 5.41) is 11.6. The molecule has 0 amide bonds. The third kappa shape index (κ3) is 3.25. The molecule has 1 unspecified atom stereocenters. The highest BCUT2D eigenvalue weighted by molar-refractivity contribution is 5.80. The number of rotatable bonds is 3. The summed E-state index contributed by atoms with van der Waals surface area (Å²) in [4.78, 5) is 0. The smallest absolute Gasteiger partial charge is 0.140 e. The molecule has 3 aromatic rings. The second kappa shape index (κ2) is 7.43. The highest BCUT2D eigenvalue weighted by Crippen LogP contribution is 2.48. The Kier molecular flexibility index (Phi) is 4.74. The third-order valence-corrected chi connectivity index (χ3v) is 6.91. The SMILES string of the molecule is C[N+]1(CC#CCC2(O)c3ccccc3-c3ccccc32)CC[C@@H](c2ccccc2)C1. The van der Waals surface area contributed by atoms with Gasteiger partial charge in [-0.3, -0.25) is 0 Å². The van der Waals surface area contributed by atoms with E-state index in [2.05, 4.69) is 61.4 Å². The van der Waals surface area contributed by atoms with Gasteiger partial charge in [0.05, 0.1) is 20.1 Å². The van der Waals surface area contributed by atoms with Crippen molar-refractivity contribution >= 4 is 0 Å². The minimum atomic E-state index is -1.02. The summed E-state index contributed by atoms with van der Waals surface area (Å²) in [5.41, 5.74) is 4.64. The molecule has 1 N–H and O–H groups in total. The average molecular weight is 395 g/mol. The Morgan fingerprint density at radius 3 is 2.13 bits per heavy atom. The fourth-order valence-corrected chi connectivity index (χ4v) is 5.25. The van der Waals surface area contributed by atoms with Crippen LogP contribution >= 0.6 is 0 Å². The van der Waals surface area contributed by atoms with E-state index in [4.69, 9.17) is 0 Å². The van der Waals surface area contributed by atoms with E-state index in [1.54, 1.807) is 0 Å². The van der Waals surface area contributed by atoms with Gasteiger partial charge < -0.3 is 9.59 Å². The lowest BCUT2D eigenvalue weighted by Gasteiger charge is -2.27. The van der Waals surface area contributed by atoms with Crippen molar-refractivity contribution in [1.29, 1.82) is 0 Å². The number of hydrogen-bond acceptors (Lipinski definition) is 1. The number of aliphatic hydroxyl groups is 1. The molecule has 2 aliphatic rings. The first-order valence-corrected chi connectivity index (χ1v) is 10.9. The van der Waals surface area contributed by atoms with Crippen molar-refractivity contribution in [2.24, 2.45) is 0 Å². The zero-order chi connectivity index (χ0) is 20.6. The molecule has 2 heteroatoms. The molecule has 5 rings (SSSR count). The quantitative estimate of drug-likeness (QED) is 0.493. The van der Waals surface area contributed by atoms with Crippen LogP contribution in [0.4, 0.5) is 0 Å². The minimum Gasteiger partial charge on any atom is -0.379 e. The molecule has 0 saturated carbocycles. The molecule has 3 aromatic carbocycles. The molecule has 0 aromatic heterocycles. The molecule has 1 heterocycles. The van der Waals surface area contributed by atoms with E-state index in [1.807, 2.05) is 36.4 Å². The normalized spacial score (nSPS) is 23.3. The van der Waals surface area contributed by atoms with Crippen LogP contribution in [0, 0.1) is 11.8 Å². The van der Waals surface area contributed by atoms with Crippen molar-refractivity contribution < 1.29 is 9.59 Å². The second-order valence-electron chi connectivity index (χ2n) is 9.06. The number of likely N-dealkylation sites (N-methyl/N-ethyl adjacent to an activating group) is 1. The summed E-state index contributed by atoms with van der Waals surface area (Å²) in [6.45, 7) is 3.13. The maximum absolute atomic E-state index is 11.6. The molecule has 2 atom stereocenters. The average Bonchev–Trinajstić information content (AvgIpc) is 3.30. The summed E-state index contributed by atoms with van der Waals surface area (Å²) in [5.74, 6) is 7.38. The number of likely N-dealkylation sites (tertiary alicyclic amines) is 1. The van der Waals surface area contributed by atoms with Gasteiger partial charge >= 0.3 is 0 Å². The molecule has 0 bridgehead atoms. The maximum atomic E-state index is 11.6. The molecule has 1 aliphatic carbocycles. The number of nitrogens with zero attached hydrogens (tertiary/aromatic N) is 1. The lowest BCUT2D eigenvalue weighted by Crippen LogP contribution is -2.41. The molecular formula is C28H28NO+. The highest BCUT2D eigenvalue weighted by atomic mass is 16.3. The molecule has 150 valence electrons. The first-order valence-electron chi connectivity index (χ1n) is 10.9. The summed E-state index contributed by atoms with van der Waals surface area (Å²) in [6.07, 6.45) is 1.65. The molecule has 1 saturated heterocycles. The number of benzene rings is 3. The monoisotopic (exact) mass is 394 g/mol. The summed E-state index contributed by atoms with van der Waals surface area (Å²) in [6, 6.07) is 27.2. The first-order chi connectivity index (χ1) is 14.6. The van der Waals surface area contributed by atoms with Gasteiger partial charge in [-0.05, 0) is 33.7 Å². The minimum absolute atomic E-state index is 0.434. The van der Waals surface area contributed by atoms with Gasteiger partial charge in [0.2, 0.25) is 0 Å². The van der Waals surface area contributed by atoms with Crippen molar-refractivity contribution in [2.45, 2.75) is 24.4 Å². The Morgan fingerprint density at radius 1 is 0.867 bits per heavy atom. The van der Waals surface area contributed by atoms with Gasteiger partial charge in [-0.2, -0.15) is 0 Å². The Hall–Kier alpha value is -2.86. The Bertz CT molecular complexity index is 1080. The van der Waals surface area contributed by atoms with Gasteiger partial charge in [0.1, 0.15) is 12.1 Å². The Labute approximate surface area is 179 Å². The lowest BCUT2D eigenvalue weighted by molar-refractivity contribution is -0.891. The fourth-order valence-electron chi connectivity index (χ4n) is 5.25. The van der Waals surface area contributed by atoms with Crippen LogP contribution in [0.25, 0.3) is 11.1 Å². The highest BCUT2D eigenvalue weighted by Gasteiger charge is 2.40. The van der Waals surface area contributed by atoms with Gasteiger partial charge in [-0.15, -0.1) is 0 Å². The molecular weight excluding hydrogens is 366 g/mol. The van der Waals surface area contributed by atoms with Crippen LogP contribution in [0.2, 0.25) is 0 Å². The topological polar surface area (TPSA) is 20.2 Å². The molecule has 0 radical (unpaired) electrons. The number of hydrogen-bond donors (Lipinski definition) is 1. The summed E-state index contributed by atoms with van der Waals surface area (Å²) < 4.78 is 0.984. The van der Waals surface area contributed by atoms with E-state index in [-0.39, 0.29) is 0 Å². The molecule has 1 fully saturated rings. The van der Waals surface area contributed by atoms with Crippen LogP contribution in [0.3, 0.4) is 0 Å². The van der Waals surface area contributed by atoms with Gasteiger partial charge in [0.15, 0.2) is 0 Å². The van der Waals surface area contributed by atoms with E-state index in [0.717, 1.165) is 46.4 Å². The molecule has 30 heavy (non-hydrogen) atoms. The van der Waals surface area contributed by atoms with Crippen LogP contribution in [-0.2, 0) is 5.60 Å². The van der Waals surface area contributed by atoms with Crippen LogP contribution < -0.4 is 0 Å². The van der Waals surface area contributed by atoms with Gasteiger partial charge in [0.25, 0.3) is 0 Å². The van der Waals surface area contributed by atoms with Crippen molar-refractivity contribution in [2.75, 3.05) is 26.7 Å².